The second kappa shape index (κ2) is 7.34. The molecule has 0 aliphatic carbocycles. The molecule has 1 saturated heterocycles. The zero-order valence-corrected chi connectivity index (χ0v) is 13.3. The van der Waals surface area contributed by atoms with Crippen molar-refractivity contribution in [2.45, 2.75) is 30.7 Å². The average molecular weight is 313 g/mol. The number of hydrogen-bond acceptors (Lipinski definition) is 3. The largest absolute Gasteiger partial charge is 0.342 e. The highest BCUT2D eigenvalue weighted by atomic mass is 35.5. The maximum atomic E-state index is 12.2. The molecule has 0 aromatic heterocycles. The standard InChI is InChI=1S/C15H21ClN2OS/c1-11(17)12-3-2-8-18(9-12)15(19)10-20-14-6-4-13(16)5-7-14/h4-7,11-12H,2-3,8-10,17H2,1H3. The van der Waals surface area contributed by atoms with E-state index >= 15 is 0 Å². The van der Waals surface area contributed by atoms with Crippen LogP contribution < -0.4 is 5.73 Å². The summed E-state index contributed by atoms with van der Waals surface area (Å²) in [6.45, 7) is 3.70. The molecular formula is C15H21ClN2OS. The molecule has 2 unspecified atom stereocenters. The highest BCUT2D eigenvalue weighted by Gasteiger charge is 2.25. The highest BCUT2D eigenvalue weighted by Crippen LogP contribution is 2.23. The molecule has 3 nitrogen and oxygen atoms in total. The van der Waals surface area contributed by atoms with E-state index in [1.165, 1.54) is 0 Å². The normalized spacial score (nSPS) is 20.8. The molecule has 0 radical (unpaired) electrons. The van der Waals surface area contributed by atoms with Crippen molar-refractivity contribution in [2.24, 2.45) is 11.7 Å². The molecule has 1 aliphatic rings. The van der Waals surface area contributed by atoms with Gasteiger partial charge in [0.1, 0.15) is 0 Å². The molecule has 2 atom stereocenters. The monoisotopic (exact) mass is 312 g/mol. The number of carbonyl (C=O) groups is 1. The molecule has 1 amide bonds. The first-order chi connectivity index (χ1) is 9.56. The molecule has 2 rings (SSSR count). The van der Waals surface area contributed by atoms with E-state index in [1.807, 2.05) is 36.1 Å². The van der Waals surface area contributed by atoms with E-state index in [0.717, 1.165) is 35.8 Å². The van der Waals surface area contributed by atoms with Crippen molar-refractivity contribution in [3.05, 3.63) is 29.3 Å². The van der Waals surface area contributed by atoms with Gasteiger partial charge in [-0.2, -0.15) is 0 Å². The van der Waals surface area contributed by atoms with Gasteiger partial charge in [0.2, 0.25) is 5.91 Å². The number of nitrogens with zero attached hydrogens (tertiary/aromatic N) is 1. The van der Waals surface area contributed by atoms with E-state index in [0.29, 0.717) is 11.7 Å². The van der Waals surface area contributed by atoms with Crippen LogP contribution in [0.3, 0.4) is 0 Å². The number of amides is 1. The first-order valence-corrected chi connectivity index (χ1v) is 8.34. The Morgan fingerprint density at radius 2 is 2.20 bits per heavy atom. The smallest absolute Gasteiger partial charge is 0.232 e. The topological polar surface area (TPSA) is 46.3 Å². The Hall–Kier alpha value is -0.710. The lowest BCUT2D eigenvalue weighted by atomic mass is 9.92. The van der Waals surface area contributed by atoms with E-state index in [4.69, 9.17) is 17.3 Å². The molecule has 1 heterocycles. The Kier molecular flexibility index (Phi) is 5.75. The number of carbonyl (C=O) groups excluding carboxylic acids is 1. The molecule has 5 heteroatoms. The second-order valence-electron chi connectivity index (χ2n) is 5.34. The SMILES string of the molecule is CC(N)C1CCCN(C(=O)CSc2ccc(Cl)cc2)C1. The van der Waals surface area contributed by atoms with E-state index < -0.39 is 0 Å². The summed E-state index contributed by atoms with van der Waals surface area (Å²) in [6.07, 6.45) is 2.19. The van der Waals surface area contributed by atoms with Gasteiger partial charge in [0.05, 0.1) is 5.75 Å². The molecule has 0 spiro atoms. The lowest BCUT2D eigenvalue weighted by Gasteiger charge is -2.34. The van der Waals surface area contributed by atoms with Crippen LogP contribution in [-0.2, 0) is 4.79 Å². The first-order valence-electron chi connectivity index (χ1n) is 6.98. The minimum Gasteiger partial charge on any atom is -0.342 e. The Labute approximate surface area is 129 Å². The van der Waals surface area contributed by atoms with Gasteiger partial charge in [0, 0.05) is 29.0 Å². The third-order valence-corrected chi connectivity index (χ3v) is 4.98. The van der Waals surface area contributed by atoms with Crippen molar-refractivity contribution in [3.8, 4) is 0 Å². The molecular weight excluding hydrogens is 292 g/mol. The van der Waals surface area contributed by atoms with Crippen LogP contribution in [-0.4, -0.2) is 35.7 Å². The second-order valence-corrected chi connectivity index (χ2v) is 6.83. The van der Waals surface area contributed by atoms with E-state index in [2.05, 4.69) is 0 Å². The van der Waals surface area contributed by atoms with Crippen LogP contribution in [0.4, 0.5) is 0 Å². The van der Waals surface area contributed by atoms with Gasteiger partial charge in [-0.15, -0.1) is 11.8 Å². The number of likely N-dealkylation sites (tertiary alicyclic amines) is 1. The third kappa shape index (κ3) is 4.40. The van der Waals surface area contributed by atoms with Crippen molar-refractivity contribution in [1.82, 2.24) is 4.90 Å². The van der Waals surface area contributed by atoms with Crippen LogP contribution in [0.15, 0.2) is 29.2 Å². The Balaban J connectivity index is 1.83. The lowest BCUT2D eigenvalue weighted by molar-refractivity contribution is -0.130. The molecule has 20 heavy (non-hydrogen) atoms. The van der Waals surface area contributed by atoms with Gasteiger partial charge in [-0.3, -0.25) is 4.79 Å². The van der Waals surface area contributed by atoms with Gasteiger partial charge in [0.15, 0.2) is 0 Å². The highest BCUT2D eigenvalue weighted by molar-refractivity contribution is 8.00. The number of halogens is 1. The fourth-order valence-corrected chi connectivity index (χ4v) is 3.36. The summed E-state index contributed by atoms with van der Waals surface area (Å²) in [5, 5.41) is 0.719. The van der Waals surface area contributed by atoms with Gasteiger partial charge in [0.25, 0.3) is 0 Å². The number of hydrogen-bond donors (Lipinski definition) is 1. The van der Waals surface area contributed by atoms with Crippen LogP contribution in [0.1, 0.15) is 19.8 Å². The number of benzene rings is 1. The van der Waals surface area contributed by atoms with E-state index in [9.17, 15) is 4.79 Å². The maximum absolute atomic E-state index is 12.2. The predicted molar refractivity (Wildman–Crippen MR) is 85.1 cm³/mol. The van der Waals surface area contributed by atoms with Gasteiger partial charge >= 0.3 is 0 Å². The van der Waals surface area contributed by atoms with Crippen molar-refractivity contribution >= 4 is 29.3 Å². The van der Waals surface area contributed by atoms with Gasteiger partial charge in [-0.25, -0.2) is 0 Å². The summed E-state index contributed by atoms with van der Waals surface area (Å²) in [4.78, 5) is 15.3. The molecule has 1 aliphatic heterocycles. The van der Waals surface area contributed by atoms with Crippen LogP contribution in [0.5, 0.6) is 0 Å². The summed E-state index contributed by atoms with van der Waals surface area (Å²) in [5.74, 6) is 1.12. The zero-order chi connectivity index (χ0) is 14.5. The predicted octanol–water partition coefficient (Wildman–Crippen LogP) is 3.02. The molecule has 1 aromatic carbocycles. The minimum absolute atomic E-state index is 0.162. The molecule has 110 valence electrons. The molecule has 1 fully saturated rings. The summed E-state index contributed by atoms with van der Waals surface area (Å²) >= 11 is 7.40. The summed E-state index contributed by atoms with van der Waals surface area (Å²) in [6, 6.07) is 7.75. The van der Waals surface area contributed by atoms with Crippen LogP contribution >= 0.6 is 23.4 Å². The quantitative estimate of drug-likeness (QED) is 0.869. The number of rotatable bonds is 4. The third-order valence-electron chi connectivity index (χ3n) is 3.73. The van der Waals surface area contributed by atoms with Gasteiger partial charge < -0.3 is 10.6 Å². The van der Waals surface area contributed by atoms with Crippen LogP contribution in [0.2, 0.25) is 5.02 Å². The summed E-state index contributed by atoms with van der Waals surface area (Å²) in [5.41, 5.74) is 5.95. The molecule has 1 aromatic rings. The fourth-order valence-electron chi connectivity index (χ4n) is 2.43. The van der Waals surface area contributed by atoms with Gasteiger partial charge in [-0.1, -0.05) is 11.6 Å². The van der Waals surface area contributed by atoms with Crippen molar-refractivity contribution in [1.29, 1.82) is 0 Å². The van der Waals surface area contributed by atoms with Crippen molar-refractivity contribution in [3.63, 3.8) is 0 Å². The van der Waals surface area contributed by atoms with Crippen molar-refractivity contribution in [2.75, 3.05) is 18.8 Å². The summed E-state index contributed by atoms with van der Waals surface area (Å²) < 4.78 is 0. The number of nitrogens with two attached hydrogens (primary N) is 1. The van der Waals surface area contributed by atoms with E-state index in [1.54, 1.807) is 11.8 Å². The molecule has 2 N–H and O–H groups in total. The Morgan fingerprint density at radius 1 is 1.50 bits per heavy atom. The van der Waals surface area contributed by atoms with Crippen molar-refractivity contribution < 1.29 is 4.79 Å². The first kappa shape index (κ1) is 15.7. The lowest BCUT2D eigenvalue weighted by Crippen LogP contribution is -2.45. The average Bonchev–Trinajstić information content (AvgIpc) is 2.46. The number of thioether (sulfide) groups is 1. The van der Waals surface area contributed by atoms with Crippen LogP contribution in [0, 0.1) is 5.92 Å². The van der Waals surface area contributed by atoms with E-state index in [-0.39, 0.29) is 11.9 Å². The Bertz CT molecular complexity index is 450. The summed E-state index contributed by atoms with van der Waals surface area (Å²) in [7, 11) is 0. The number of piperidine rings is 1. The van der Waals surface area contributed by atoms with Crippen LogP contribution in [0.25, 0.3) is 0 Å². The zero-order valence-electron chi connectivity index (χ0n) is 11.7. The molecule has 0 saturated carbocycles. The maximum Gasteiger partial charge on any atom is 0.232 e. The van der Waals surface area contributed by atoms with Gasteiger partial charge in [-0.05, 0) is 49.9 Å². The molecule has 0 bridgehead atoms. The fraction of sp³-hybridized carbons (Fsp3) is 0.533. The Morgan fingerprint density at radius 3 is 2.85 bits per heavy atom. The minimum atomic E-state index is 0.162.